The predicted octanol–water partition coefficient (Wildman–Crippen LogP) is 6.61. The van der Waals surface area contributed by atoms with Crippen LogP contribution in [0, 0.1) is 6.92 Å². The summed E-state index contributed by atoms with van der Waals surface area (Å²) < 4.78 is 41.0. The van der Waals surface area contributed by atoms with Gasteiger partial charge in [-0.05, 0) is 69.3 Å². The lowest BCUT2D eigenvalue weighted by molar-refractivity contribution is -0.150. The van der Waals surface area contributed by atoms with E-state index in [-0.39, 0.29) is 11.4 Å². The van der Waals surface area contributed by atoms with Crippen molar-refractivity contribution in [2.45, 2.75) is 115 Å². The van der Waals surface area contributed by atoms with Crippen molar-refractivity contribution in [3.8, 4) is 0 Å². The molecule has 0 bridgehead atoms. The molecule has 1 atom stereocenters. The van der Waals surface area contributed by atoms with Gasteiger partial charge in [0.1, 0.15) is 5.60 Å². The number of nitrogens with zero attached hydrogens (tertiary/aromatic N) is 1. The fourth-order valence-electron chi connectivity index (χ4n) is 5.60. The van der Waals surface area contributed by atoms with Crippen molar-refractivity contribution >= 4 is 24.3 Å². The molecule has 0 aromatic heterocycles. The zero-order valence-corrected chi connectivity index (χ0v) is 25.7. The second-order valence-electron chi connectivity index (χ2n) is 11.9. The Kier molecular flexibility index (Phi) is 10.2. The summed E-state index contributed by atoms with van der Waals surface area (Å²) in [6.45, 7) is 21.6. The number of carbonyl (C=O) groups is 1. The number of rotatable bonds is 11. The molecule has 0 radical (unpaired) electrons. The summed E-state index contributed by atoms with van der Waals surface area (Å²) in [5.74, 6) is -0.453. The van der Waals surface area contributed by atoms with E-state index >= 15 is 0 Å². The van der Waals surface area contributed by atoms with Gasteiger partial charge in [0.2, 0.25) is 10.0 Å². The summed E-state index contributed by atoms with van der Waals surface area (Å²) in [4.78, 5) is 13.3. The number of carbonyl (C=O) groups excluding carboxylic acids is 1. The maximum absolute atomic E-state index is 13.6. The van der Waals surface area contributed by atoms with Gasteiger partial charge in [0.05, 0.1) is 16.5 Å². The second kappa shape index (κ2) is 11.9. The highest BCUT2D eigenvalue weighted by atomic mass is 32.2. The maximum Gasteiger partial charge on any atom is 0.335 e. The summed E-state index contributed by atoms with van der Waals surface area (Å²) in [6.07, 6.45) is 2.86. The Balaban J connectivity index is 2.28. The summed E-state index contributed by atoms with van der Waals surface area (Å²) in [7, 11) is -5.80. The van der Waals surface area contributed by atoms with Crippen molar-refractivity contribution in [1.82, 2.24) is 4.31 Å². The molecule has 1 aromatic rings. The Labute approximate surface area is 220 Å². The van der Waals surface area contributed by atoms with Crippen LogP contribution in [0.1, 0.15) is 80.7 Å². The molecule has 0 unspecified atom stereocenters. The fraction of sp³-hybridized carbons (Fsp3) is 0.679. The minimum absolute atomic E-state index is 0.152. The van der Waals surface area contributed by atoms with Crippen LogP contribution in [0.15, 0.2) is 40.8 Å². The minimum Gasteiger partial charge on any atom is -0.457 e. The molecule has 2 rings (SSSR count). The number of hydrogen-bond acceptors (Lipinski definition) is 5. The van der Waals surface area contributed by atoms with E-state index in [0.29, 0.717) is 41.6 Å². The third-order valence-corrected chi connectivity index (χ3v) is 15.1. The molecule has 1 aromatic carbocycles. The molecule has 0 amide bonds. The lowest BCUT2D eigenvalue weighted by atomic mass is 10.0. The van der Waals surface area contributed by atoms with Crippen molar-refractivity contribution in [1.29, 1.82) is 0 Å². The van der Waals surface area contributed by atoms with Crippen molar-refractivity contribution < 1.29 is 22.4 Å². The third-order valence-electron chi connectivity index (χ3n) is 7.14. The molecular formula is C28H47NO5SSi. The molecule has 1 heterocycles. The Morgan fingerprint density at radius 3 is 2.03 bits per heavy atom. The van der Waals surface area contributed by atoms with Gasteiger partial charge in [0.25, 0.3) is 0 Å². The molecule has 0 saturated heterocycles. The van der Waals surface area contributed by atoms with E-state index in [1.807, 2.05) is 27.7 Å². The van der Waals surface area contributed by atoms with Gasteiger partial charge in [-0.15, -0.1) is 0 Å². The van der Waals surface area contributed by atoms with E-state index in [2.05, 4.69) is 41.5 Å². The van der Waals surface area contributed by atoms with Gasteiger partial charge in [-0.3, -0.25) is 0 Å². The first-order valence-corrected chi connectivity index (χ1v) is 16.8. The molecule has 0 spiro atoms. The Hall–Kier alpha value is -1.48. The van der Waals surface area contributed by atoms with Crippen molar-refractivity contribution in [2.24, 2.45) is 0 Å². The largest absolute Gasteiger partial charge is 0.457 e. The van der Waals surface area contributed by atoms with Crippen LogP contribution in [0.5, 0.6) is 0 Å². The van der Waals surface area contributed by atoms with Crippen LogP contribution >= 0.6 is 0 Å². The van der Waals surface area contributed by atoms with E-state index < -0.39 is 36.0 Å². The minimum atomic E-state index is -3.78. The third kappa shape index (κ3) is 6.88. The Bertz CT molecular complexity index is 1000. The first kappa shape index (κ1) is 30.7. The highest BCUT2D eigenvalue weighted by molar-refractivity contribution is 7.89. The van der Waals surface area contributed by atoms with Gasteiger partial charge in [-0.1, -0.05) is 65.3 Å². The average molecular weight is 538 g/mol. The zero-order chi connectivity index (χ0) is 27.5. The summed E-state index contributed by atoms with van der Waals surface area (Å²) in [6, 6.07) is 6.26. The van der Waals surface area contributed by atoms with Crippen molar-refractivity contribution in [2.75, 3.05) is 13.2 Å². The quantitative estimate of drug-likeness (QED) is 0.180. The monoisotopic (exact) mass is 537 g/mol. The van der Waals surface area contributed by atoms with E-state index in [4.69, 9.17) is 9.16 Å². The van der Waals surface area contributed by atoms with Gasteiger partial charge < -0.3 is 9.16 Å². The number of aryl methyl sites for hydroxylation is 1. The first-order valence-electron chi connectivity index (χ1n) is 13.2. The number of benzene rings is 1. The maximum atomic E-state index is 13.6. The average Bonchev–Trinajstić information content (AvgIpc) is 3.17. The molecular weight excluding hydrogens is 490 g/mol. The van der Waals surface area contributed by atoms with Crippen LogP contribution in [0.3, 0.4) is 0 Å². The SMILES string of the molecule is Cc1ccc(S(=O)(=O)N2CC=C(C(=O)OC(C)(C)C)[C@@H]2CCCO[Si](C(C)C)(C(C)C)C(C)C)cc1. The summed E-state index contributed by atoms with van der Waals surface area (Å²) >= 11 is 0. The van der Waals surface area contributed by atoms with Crippen LogP contribution in [-0.2, 0) is 24.0 Å². The molecule has 0 N–H and O–H groups in total. The number of ether oxygens (including phenoxy) is 1. The molecule has 0 saturated carbocycles. The van der Waals surface area contributed by atoms with Crippen molar-refractivity contribution in [3.63, 3.8) is 0 Å². The van der Waals surface area contributed by atoms with Crippen LogP contribution in [-0.4, -0.2) is 51.8 Å². The zero-order valence-electron chi connectivity index (χ0n) is 23.9. The topological polar surface area (TPSA) is 72.9 Å². The van der Waals surface area contributed by atoms with Gasteiger partial charge in [0, 0.05) is 13.2 Å². The lowest BCUT2D eigenvalue weighted by Crippen LogP contribution is -2.48. The highest BCUT2D eigenvalue weighted by Crippen LogP contribution is 2.42. The first-order chi connectivity index (χ1) is 16.5. The van der Waals surface area contributed by atoms with Crippen molar-refractivity contribution in [3.05, 3.63) is 41.5 Å². The lowest BCUT2D eigenvalue weighted by Gasteiger charge is -2.42. The molecule has 36 heavy (non-hydrogen) atoms. The van der Waals surface area contributed by atoms with E-state index in [1.165, 1.54) is 4.31 Å². The normalized spacial score (nSPS) is 17.8. The molecule has 1 aliphatic heterocycles. The fourth-order valence-corrected chi connectivity index (χ4v) is 12.7. The highest BCUT2D eigenvalue weighted by Gasteiger charge is 2.45. The molecule has 8 heteroatoms. The summed E-state index contributed by atoms with van der Waals surface area (Å²) in [5, 5.41) is 0. The van der Waals surface area contributed by atoms with E-state index in [1.54, 1.807) is 30.3 Å². The predicted molar refractivity (Wildman–Crippen MR) is 149 cm³/mol. The molecule has 0 aliphatic carbocycles. The van der Waals surface area contributed by atoms with Crippen LogP contribution < -0.4 is 0 Å². The van der Waals surface area contributed by atoms with Crippen LogP contribution in [0.2, 0.25) is 16.6 Å². The standard InChI is InChI=1S/C28H47NO5SSi/c1-20(2)36(21(3)4,22(5)6)33-19-11-12-26-25(27(30)34-28(8,9)10)17-18-29(26)35(31,32)24-15-13-23(7)14-16-24/h13-17,20-22,26H,11-12,18-19H2,1-10H3/t26-/m0/s1. The van der Waals surface area contributed by atoms with Gasteiger partial charge in [0.15, 0.2) is 8.32 Å². The Morgan fingerprint density at radius 2 is 1.56 bits per heavy atom. The number of esters is 1. The van der Waals surface area contributed by atoms with Gasteiger partial charge in [-0.25, -0.2) is 13.2 Å². The molecule has 6 nitrogen and oxygen atoms in total. The summed E-state index contributed by atoms with van der Waals surface area (Å²) in [5.41, 5.74) is 2.16. The number of hydrogen-bond donors (Lipinski definition) is 0. The number of sulfonamides is 1. The van der Waals surface area contributed by atoms with E-state index in [0.717, 1.165) is 5.56 Å². The molecule has 0 fully saturated rings. The Morgan fingerprint density at radius 1 is 1.03 bits per heavy atom. The van der Waals surface area contributed by atoms with Gasteiger partial charge >= 0.3 is 5.97 Å². The smallest absolute Gasteiger partial charge is 0.335 e. The van der Waals surface area contributed by atoms with E-state index in [9.17, 15) is 13.2 Å². The molecule has 204 valence electrons. The van der Waals surface area contributed by atoms with Crippen LogP contribution in [0.25, 0.3) is 0 Å². The van der Waals surface area contributed by atoms with Crippen LogP contribution in [0.4, 0.5) is 0 Å². The van der Waals surface area contributed by atoms with Gasteiger partial charge in [-0.2, -0.15) is 4.31 Å². The molecule has 1 aliphatic rings. The second-order valence-corrected chi connectivity index (χ2v) is 19.2.